The number of ether oxygens (including phenoxy) is 2. The molecule has 7 nitrogen and oxygen atoms in total. The first-order valence-corrected chi connectivity index (χ1v) is 15.4. The Hall–Kier alpha value is -3.67. The van der Waals surface area contributed by atoms with Crippen molar-refractivity contribution in [3.8, 4) is 11.3 Å². The number of hydrogen-bond donors (Lipinski definition) is 0. The molecule has 2 atom stereocenters. The highest BCUT2D eigenvalue weighted by Crippen LogP contribution is 2.26. The summed E-state index contributed by atoms with van der Waals surface area (Å²) in [6.07, 6.45) is 2.95. The van der Waals surface area contributed by atoms with E-state index in [9.17, 15) is 22.2 Å². The van der Waals surface area contributed by atoms with Gasteiger partial charge in [0.15, 0.2) is 5.82 Å². The molecule has 226 valence electrons. The fraction of sp³-hybridized carbons (Fsp3) is 0.344. The van der Waals surface area contributed by atoms with E-state index in [0.717, 1.165) is 30.5 Å². The first-order chi connectivity index (χ1) is 20.8. The molecule has 1 aliphatic heterocycles. The zero-order valence-corrected chi connectivity index (χ0v) is 24.5. The van der Waals surface area contributed by atoms with E-state index in [4.69, 9.17) is 9.47 Å². The fourth-order valence-electron chi connectivity index (χ4n) is 5.02. The maximum atomic E-state index is 14.7. The molecule has 1 saturated heterocycles. The number of aryl methyl sites for hydroxylation is 1. The van der Waals surface area contributed by atoms with Gasteiger partial charge in [-0.2, -0.15) is 0 Å². The normalized spacial score (nSPS) is 15.3. The van der Waals surface area contributed by atoms with Crippen LogP contribution in [0.4, 0.5) is 13.2 Å². The van der Waals surface area contributed by atoms with E-state index in [1.54, 1.807) is 19.2 Å². The van der Waals surface area contributed by atoms with Gasteiger partial charge in [-0.25, -0.2) is 23.1 Å². The molecule has 0 radical (unpaired) electrons. The topological polar surface area (TPSA) is 83.3 Å². The highest BCUT2D eigenvalue weighted by Gasteiger charge is 2.20. The predicted octanol–water partition coefficient (Wildman–Crippen LogP) is 5.91. The highest BCUT2D eigenvalue weighted by atomic mass is 32.2. The number of halogens is 3. The van der Waals surface area contributed by atoms with Crippen LogP contribution in [0.1, 0.15) is 42.2 Å². The van der Waals surface area contributed by atoms with Crippen LogP contribution in [-0.2, 0) is 33.4 Å². The van der Waals surface area contributed by atoms with Gasteiger partial charge in [-0.3, -0.25) is 9.00 Å². The Morgan fingerprint density at radius 2 is 1.79 bits per heavy atom. The van der Waals surface area contributed by atoms with Gasteiger partial charge in [0, 0.05) is 54.6 Å². The molecule has 2 aromatic carbocycles. The summed E-state index contributed by atoms with van der Waals surface area (Å²) in [4.78, 5) is 21.4. The monoisotopic (exact) mass is 611 g/mol. The van der Waals surface area contributed by atoms with Gasteiger partial charge >= 0.3 is 0 Å². The molecule has 2 aromatic heterocycles. The first kappa shape index (κ1) is 30.8. The van der Waals surface area contributed by atoms with Crippen molar-refractivity contribution in [2.24, 2.45) is 5.92 Å². The molecule has 0 amide bonds. The first-order valence-electron chi connectivity index (χ1n) is 14.1. The standard InChI is InChI=1S/C32H32F3N3O4S/c1-21-15-29(25-16-28(35)31(39)38(19-25)18-22-9-12-41-13-10-22)37-32(36-21)43(40)14-11-30(23-5-3-2-4-6-23)42-20-24-7-8-26(33)17-27(24)34/h2-8,15-17,19,22,30H,9-14,18,20H2,1H3. The Kier molecular flexibility index (Phi) is 10.2. The van der Waals surface area contributed by atoms with Crippen molar-refractivity contribution in [2.45, 2.75) is 50.6 Å². The van der Waals surface area contributed by atoms with Crippen LogP contribution in [0.15, 0.2) is 76.8 Å². The lowest BCUT2D eigenvalue weighted by molar-refractivity contribution is 0.0362. The Morgan fingerprint density at radius 3 is 2.53 bits per heavy atom. The smallest absolute Gasteiger partial charge is 0.286 e. The van der Waals surface area contributed by atoms with Crippen molar-refractivity contribution < 1.29 is 26.9 Å². The lowest BCUT2D eigenvalue weighted by Gasteiger charge is -2.23. The summed E-state index contributed by atoms with van der Waals surface area (Å²) in [7, 11) is -1.65. The molecule has 3 heterocycles. The molecule has 0 spiro atoms. The molecule has 43 heavy (non-hydrogen) atoms. The van der Waals surface area contributed by atoms with Crippen molar-refractivity contribution in [3.05, 3.63) is 111 Å². The molecule has 0 aliphatic carbocycles. The molecule has 1 aliphatic rings. The number of hydrogen-bond acceptors (Lipinski definition) is 6. The third-order valence-electron chi connectivity index (χ3n) is 7.36. The summed E-state index contributed by atoms with van der Waals surface area (Å²) >= 11 is 0. The van der Waals surface area contributed by atoms with E-state index >= 15 is 0 Å². The summed E-state index contributed by atoms with van der Waals surface area (Å²) in [5, 5.41) is 0.0778. The van der Waals surface area contributed by atoms with Gasteiger partial charge in [0.25, 0.3) is 5.56 Å². The lowest BCUT2D eigenvalue weighted by atomic mass is 10.0. The van der Waals surface area contributed by atoms with Crippen LogP contribution in [0.2, 0.25) is 0 Å². The average molecular weight is 612 g/mol. The van der Waals surface area contributed by atoms with Crippen LogP contribution in [0.3, 0.4) is 0 Å². The van der Waals surface area contributed by atoms with Crippen LogP contribution in [0, 0.1) is 30.3 Å². The summed E-state index contributed by atoms with van der Waals surface area (Å²) < 4.78 is 68.5. The molecule has 2 unspecified atom stereocenters. The molecule has 0 N–H and O–H groups in total. The largest absolute Gasteiger partial charge is 0.381 e. The van der Waals surface area contributed by atoms with Gasteiger partial charge in [0.1, 0.15) is 11.6 Å². The number of pyridine rings is 1. The summed E-state index contributed by atoms with van der Waals surface area (Å²) in [6.45, 7) is 3.23. The van der Waals surface area contributed by atoms with Crippen LogP contribution < -0.4 is 5.56 Å². The van der Waals surface area contributed by atoms with Gasteiger partial charge in [-0.1, -0.05) is 36.4 Å². The molecule has 0 saturated carbocycles. The third kappa shape index (κ3) is 8.04. The zero-order valence-electron chi connectivity index (χ0n) is 23.7. The van der Waals surface area contributed by atoms with Gasteiger partial charge in [0.05, 0.1) is 29.2 Å². The van der Waals surface area contributed by atoms with Crippen molar-refractivity contribution in [1.82, 2.24) is 14.5 Å². The Labute approximate surface area is 250 Å². The van der Waals surface area contributed by atoms with E-state index in [0.29, 0.717) is 43.1 Å². The number of nitrogens with zero attached hydrogens (tertiary/aromatic N) is 3. The van der Waals surface area contributed by atoms with Crippen LogP contribution >= 0.6 is 0 Å². The average Bonchev–Trinajstić information content (AvgIpc) is 3.00. The number of benzene rings is 2. The lowest BCUT2D eigenvalue weighted by Crippen LogP contribution is -2.28. The summed E-state index contributed by atoms with van der Waals surface area (Å²) in [6, 6.07) is 15.4. The fourth-order valence-corrected chi connectivity index (χ4v) is 6.08. The molecule has 0 bridgehead atoms. The van der Waals surface area contributed by atoms with E-state index < -0.39 is 39.9 Å². The molecule has 11 heteroatoms. The second kappa shape index (κ2) is 14.2. The van der Waals surface area contributed by atoms with Gasteiger partial charge in [-0.05, 0) is 55.9 Å². The maximum Gasteiger partial charge on any atom is 0.286 e. The minimum atomic E-state index is -1.65. The Bertz CT molecular complexity index is 1650. The number of aromatic nitrogens is 3. The van der Waals surface area contributed by atoms with Crippen molar-refractivity contribution in [2.75, 3.05) is 19.0 Å². The van der Waals surface area contributed by atoms with Crippen molar-refractivity contribution in [1.29, 1.82) is 0 Å². The quantitative estimate of drug-likeness (QED) is 0.196. The van der Waals surface area contributed by atoms with E-state index in [-0.39, 0.29) is 29.0 Å². The van der Waals surface area contributed by atoms with Gasteiger partial charge in [0.2, 0.25) is 5.16 Å². The molecular weight excluding hydrogens is 579 g/mol. The highest BCUT2D eigenvalue weighted by molar-refractivity contribution is 7.84. The number of rotatable bonds is 11. The van der Waals surface area contributed by atoms with Crippen molar-refractivity contribution in [3.63, 3.8) is 0 Å². The van der Waals surface area contributed by atoms with E-state index in [1.807, 2.05) is 30.3 Å². The van der Waals surface area contributed by atoms with Crippen LogP contribution in [0.5, 0.6) is 0 Å². The van der Waals surface area contributed by atoms with Gasteiger partial charge < -0.3 is 14.0 Å². The molecule has 1 fully saturated rings. The summed E-state index contributed by atoms with van der Waals surface area (Å²) in [5.74, 6) is -1.92. The van der Waals surface area contributed by atoms with E-state index in [1.165, 1.54) is 16.7 Å². The minimum Gasteiger partial charge on any atom is -0.381 e. The minimum absolute atomic E-state index is 0.0778. The molecular formula is C32H32F3N3O4S. The predicted molar refractivity (Wildman–Crippen MR) is 156 cm³/mol. The third-order valence-corrected chi connectivity index (χ3v) is 8.56. The second-order valence-electron chi connectivity index (χ2n) is 10.6. The zero-order chi connectivity index (χ0) is 30.3. The maximum absolute atomic E-state index is 14.7. The SMILES string of the molecule is Cc1cc(-c2cc(F)c(=O)n(CC3CCOCC3)c2)nc(S(=O)CCC(OCc2ccc(F)cc2F)c2ccccc2)n1. The molecule has 5 rings (SSSR count). The van der Waals surface area contributed by atoms with Crippen LogP contribution in [0.25, 0.3) is 11.3 Å². The molecule has 4 aromatic rings. The Balaban J connectivity index is 1.33. The van der Waals surface area contributed by atoms with Crippen LogP contribution in [-0.4, -0.2) is 37.7 Å². The van der Waals surface area contributed by atoms with Gasteiger partial charge in [-0.15, -0.1) is 0 Å². The second-order valence-corrected chi connectivity index (χ2v) is 12.0. The summed E-state index contributed by atoms with van der Waals surface area (Å²) in [5.41, 5.74) is 1.62. The van der Waals surface area contributed by atoms with Crippen molar-refractivity contribution >= 4 is 10.8 Å². The Morgan fingerprint density at radius 1 is 1.02 bits per heavy atom. The van der Waals surface area contributed by atoms with E-state index in [2.05, 4.69) is 9.97 Å².